The maximum Gasteiger partial charge on any atom is 0.418 e. The maximum atomic E-state index is 13.2. The monoisotopic (exact) mass is 369 g/mol. The van der Waals surface area contributed by atoms with Gasteiger partial charge >= 0.3 is 6.18 Å². The number of alkyl halides is 3. The molecule has 0 atom stereocenters. The van der Waals surface area contributed by atoms with Crippen LogP contribution in [0.2, 0.25) is 0 Å². The van der Waals surface area contributed by atoms with E-state index < -0.39 is 11.7 Å². The topological polar surface area (TPSA) is 73.6 Å². The molecule has 3 rings (SSSR count). The van der Waals surface area contributed by atoms with E-state index in [9.17, 15) is 13.2 Å². The van der Waals surface area contributed by atoms with Crippen molar-refractivity contribution in [1.82, 2.24) is 9.97 Å². The van der Waals surface area contributed by atoms with Gasteiger partial charge in [-0.2, -0.15) is 18.4 Å². The highest BCUT2D eigenvalue weighted by Crippen LogP contribution is 2.35. The van der Waals surface area contributed by atoms with Crippen LogP contribution in [0.1, 0.15) is 17.0 Å². The molecule has 136 valence electrons. The molecule has 0 aliphatic rings. The summed E-state index contributed by atoms with van der Waals surface area (Å²) in [6.45, 7) is 1.64. The zero-order valence-corrected chi connectivity index (χ0v) is 14.2. The molecule has 0 bridgehead atoms. The van der Waals surface area contributed by atoms with E-state index in [1.165, 1.54) is 24.3 Å². The van der Waals surface area contributed by atoms with Gasteiger partial charge in [-0.05, 0) is 37.3 Å². The molecule has 0 amide bonds. The quantitative estimate of drug-likeness (QED) is 0.664. The van der Waals surface area contributed by atoms with E-state index in [0.717, 1.165) is 6.07 Å². The van der Waals surface area contributed by atoms with Crippen LogP contribution in [-0.2, 0) is 6.18 Å². The summed E-state index contributed by atoms with van der Waals surface area (Å²) in [5.41, 5.74) is 0.232. The number of hydrogen-bond acceptors (Lipinski definition) is 5. The molecule has 8 heteroatoms. The number of nitrogens with one attached hydrogen (secondary N) is 2. The third-order valence-electron chi connectivity index (χ3n) is 3.60. The van der Waals surface area contributed by atoms with Gasteiger partial charge in [-0.1, -0.05) is 18.2 Å². The van der Waals surface area contributed by atoms with Crippen molar-refractivity contribution < 1.29 is 13.2 Å². The van der Waals surface area contributed by atoms with Crippen LogP contribution in [0, 0.1) is 18.3 Å². The van der Waals surface area contributed by atoms with Crippen molar-refractivity contribution in [2.45, 2.75) is 13.1 Å². The number of para-hydroxylation sites is 1. The van der Waals surface area contributed by atoms with Gasteiger partial charge in [0.2, 0.25) is 0 Å². The molecule has 5 nitrogen and oxygen atoms in total. The lowest BCUT2D eigenvalue weighted by Gasteiger charge is -2.15. The van der Waals surface area contributed by atoms with Gasteiger partial charge in [-0.25, -0.2) is 9.97 Å². The predicted octanol–water partition coefficient (Wildman–Crippen LogP) is 5.16. The standard InChI is InChI=1S/C19H14F3N5/c1-12-24-17(26-14-6-4-5-13(9-14)11-23)10-18(25-12)27-16-8-3-2-7-15(16)19(20,21)22/h2-10H,1H3,(H2,24,25,26,27). The van der Waals surface area contributed by atoms with Gasteiger partial charge in [-0.3, -0.25) is 0 Å². The molecule has 3 aromatic rings. The molecule has 27 heavy (non-hydrogen) atoms. The van der Waals surface area contributed by atoms with Crippen molar-refractivity contribution in [3.63, 3.8) is 0 Å². The molecule has 0 radical (unpaired) electrons. The number of halogens is 3. The van der Waals surface area contributed by atoms with E-state index in [2.05, 4.69) is 20.6 Å². The molecule has 0 aliphatic carbocycles. The van der Waals surface area contributed by atoms with Crippen molar-refractivity contribution in [3.05, 3.63) is 71.5 Å². The second-order valence-electron chi connectivity index (χ2n) is 5.67. The van der Waals surface area contributed by atoms with Gasteiger partial charge in [0.1, 0.15) is 17.5 Å². The van der Waals surface area contributed by atoms with Crippen molar-refractivity contribution >= 4 is 23.0 Å². The smallest absolute Gasteiger partial charge is 0.340 e. The second-order valence-corrected chi connectivity index (χ2v) is 5.67. The van der Waals surface area contributed by atoms with E-state index in [0.29, 0.717) is 22.9 Å². The van der Waals surface area contributed by atoms with E-state index in [1.807, 2.05) is 6.07 Å². The Morgan fingerprint density at radius 3 is 2.33 bits per heavy atom. The molecule has 1 heterocycles. The Morgan fingerprint density at radius 1 is 0.926 bits per heavy atom. The first kappa shape index (κ1) is 18.2. The fourth-order valence-electron chi connectivity index (χ4n) is 2.49. The van der Waals surface area contributed by atoms with Gasteiger partial charge in [0.15, 0.2) is 0 Å². The first-order valence-electron chi connectivity index (χ1n) is 7.91. The number of anilines is 4. The van der Waals surface area contributed by atoms with Gasteiger partial charge in [0.25, 0.3) is 0 Å². The second kappa shape index (κ2) is 7.33. The van der Waals surface area contributed by atoms with Crippen LogP contribution in [0.15, 0.2) is 54.6 Å². The van der Waals surface area contributed by atoms with Crippen LogP contribution < -0.4 is 10.6 Å². The fourth-order valence-corrected chi connectivity index (χ4v) is 2.49. The normalized spacial score (nSPS) is 10.9. The Morgan fingerprint density at radius 2 is 1.63 bits per heavy atom. The molecule has 0 unspecified atom stereocenters. The number of rotatable bonds is 4. The average Bonchev–Trinajstić information content (AvgIpc) is 2.61. The highest BCUT2D eigenvalue weighted by atomic mass is 19.4. The molecule has 0 aliphatic heterocycles. The van der Waals surface area contributed by atoms with E-state index >= 15 is 0 Å². The zero-order chi connectivity index (χ0) is 19.4. The molecular weight excluding hydrogens is 355 g/mol. The number of nitriles is 1. The van der Waals surface area contributed by atoms with E-state index in [1.54, 1.807) is 31.2 Å². The Balaban J connectivity index is 1.90. The summed E-state index contributed by atoms with van der Waals surface area (Å²) in [7, 11) is 0. The molecule has 1 aromatic heterocycles. The van der Waals surface area contributed by atoms with E-state index in [4.69, 9.17) is 5.26 Å². The minimum Gasteiger partial charge on any atom is -0.340 e. The Kier molecular flexibility index (Phi) is 4.94. The Hall–Kier alpha value is -3.60. The van der Waals surface area contributed by atoms with Crippen molar-refractivity contribution in [2.75, 3.05) is 10.6 Å². The lowest BCUT2D eigenvalue weighted by molar-refractivity contribution is -0.136. The van der Waals surface area contributed by atoms with Crippen molar-refractivity contribution in [3.8, 4) is 6.07 Å². The maximum absolute atomic E-state index is 13.2. The molecule has 2 aromatic carbocycles. The summed E-state index contributed by atoms with van der Waals surface area (Å²) in [4.78, 5) is 8.38. The molecule has 0 saturated heterocycles. The van der Waals surface area contributed by atoms with Gasteiger partial charge in [0.05, 0.1) is 22.9 Å². The third kappa shape index (κ3) is 4.52. The van der Waals surface area contributed by atoms with Gasteiger partial charge < -0.3 is 10.6 Å². The summed E-state index contributed by atoms with van der Waals surface area (Å²) in [5, 5.41) is 14.7. The molecule has 2 N–H and O–H groups in total. The SMILES string of the molecule is Cc1nc(Nc2cccc(C#N)c2)cc(Nc2ccccc2C(F)(F)F)n1. The van der Waals surface area contributed by atoms with Crippen LogP contribution in [0.4, 0.5) is 36.2 Å². The summed E-state index contributed by atoms with van der Waals surface area (Å²) < 4.78 is 39.5. The highest BCUT2D eigenvalue weighted by Gasteiger charge is 2.33. The Bertz CT molecular complexity index is 1010. The van der Waals surface area contributed by atoms with Crippen molar-refractivity contribution in [1.29, 1.82) is 5.26 Å². The van der Waals surface area contributed by atoms with Crippen LogP contribution in [0.25, 0.3) is 0 Å². The van der Waals surface area contributed by atoms with Crippen LogP contribution >= 0.6 is 0 Å². The first-order chi connectivity index (χ1) is 12.8. The van der Waals surface area contributed by atoms with Gasteiger partial charge in [-0.15, -0.1) is 0 Å². The number of aryl methyl sites for hydroxylation is 1. The first-order valence-corrected chi connectivity index (χ1v) is 7.91. The Labute approximate surface area is 153 Å². The number of benzene rings is 2. The number of nitrogens with zero attached hydrogens (tertiary/aromatic N) is 3. The number of aromatic nitrogens is 2. The molecule has 0 fully saturated rings. The summed E-state index contributed by atoms with van der Waals surface area (Å²) >= 11 is 0. The predicted molar refractivity (Wildman–Crippen MR) is 95.9 cm³/mol. The summed E-state index contributed by atoms with van der Waals surface area (Å²) in [6.07, 6.45) is -4.48. The highest BCUT2D eigenvalue weighted by molar-refractivity contribution is 5.66. The summed E-state index contributed by atoms with van der Waals surface area (Å²) in [6, 6.07) is 15.5. The largest absolute Gasteiger partial charge is 0.418 e. The van der Waals surface area contributed by atoms with Crippen LogP contribution in [0.5, 0.6) is 0 Å². The van der Waals surface area contributed by atoms with Gasteiger partial charge in [0, 0.05) is 11.8 Å². The minimum absolute atomic E-state index is 0.0967. The van der Waals surface area contributed by atoms with Crippen LogP contribution in [-0.4, -0.2) is 9.97 Å². The number of hydrogen-bond donors (Lipinski definition) is 2. The lowest BCUT2D eigenvalue weighted by atomic mass is 10.1. The van der Waals surface area contributed by atoms with E-state index in [-0.39, 0.29) is 11.5 Å². The average molecular weight is 369 g/mol. The third-order valence-corrected chi connectivity index (χ3v) is 3.60. The zero-order valence-electron chi connectivity index (χ0n) is 14.2. The summed E-state index contributed by atoms with van der Waals surface area (Å²) in [5.74, 6) is 0.992. The molecular formula is C19H14F3N5. The fraction of sp³-hybridized carbons (Fsp3) is 0.105. The molecule has 0 saturated carbocycles. The van der Waals surface area contributed by atoms with Crippen molar-refractivity contribution in [2.24, 2.45) is 0 Å². The molecule has 0 spiro atoms. The lowest BCUT2D eigenvalue weighted by Crippen LogP contribution is -2.09. The minimum atomic E-state index is -4.48. The van der Waals surface area contributed by atoms with Crippen LogP contribution in [0.3, 0.4) is 0 Å².